The van der Waals surface area contributed by atoms with Crippen LogP contribution < -0.4 is 9.46 Å². The quantitative estimate of drug-likeness (QED) is 0.785. The lowest BCUT2D eigenvalue weighted by molar-refractivity contribution is -0.128. The van der Waals surface area contributed by atoms with Crippen molar-refractivity contribution in [3.8, 4) is 5.75 Å². The molecule has 0 bridgehead atoms. The number of nitrogens with one attached hydrogen (secondary N) is 1. The molecule has 0 aliphatic carbocycles. The normalized spacial score (nSPS) is 11.3. The number of methoxy groups -OCH3 is 1. The molecular formula is C15H24N2O4S. The highest BCUT2D eigenvalue weighted by Crippen LogP contribution is 2.24. The third-order valence-electron chi connectivity index (χ3n) is 3.29. The Morgan fingerprint density at radius 1 is 1.36 bits per heavy atom. The number of likely N-dealkylation sites (N-methyl/N-ethyl adjacent to an activating group) is 1. The van der Waals surface area contributed by atoms with Crippen LogP contribution in [0.15, 0.2) is 23.1 Å². The first-order valence-electron chi connectivity index (χ1n) is 7.20. The number of benzene rings is 1. The molecule has 1 N–H and O–H groups in total. The Labute approximate surface area is 132 Å². The highest BCUT2D eigenvalue weighted by molar-refractivity contribution is 7.89. The van der Waals surface area contributed by atoms with Gasteiger partial charge in [-0.1, -0.05) is 19.4 Å². The van der Waals surface area contributed by atoms with Gasteiger partial charge in [0.15, 0.2) is 0 Å². The van der Waals surface area contributed by atoms with Crippen LogP contribution in [0.1, 0.15) is 25.3 Å². The number of carbonyl (C=O) groups excluding carboxylic acids is 1. The van der Waals surface area contributed by atoms with Crippen LogP contribution in [0.25, 0.3) is 0 Å². The molecule has 0 heterocycles. The lowest BCUT2D eigenvalue weighted by Crippen LogP contribution is -2.38. The first kappa shape index (κ1) is 18.4. The topological polar surface area (TPSA) is 75.7 Å². The van der Waals surface area contributed by atoms with Gasteiger partial charge >= 0.3 is 0 Å². The monoisotopic (exact) mass is 328 g/mol. The van der Waals surface area contributed by atoms with Crippen molar-refractivity contribution in [3.05, 3.63) is 23.8 Å². The number of amides is 1. The van der Waals surface area contributed by atoms with E-state index in [1.54, 1.807) is 26.1 Å². The molecule has 0 fully saturated rings. The van der Waals surface area contributed by atoms with Crippen molar-refractivity contribution >= 4 is 15.9 Å². The van der Waals surface area contributed by atoms with Gasteiger partial charge in [0.25, 0.3) is 0 Å². The van der Waals surface area contributed by atoms with Crippen molar-refractivity contribution in [2.24, 2.45) is 0 Å². The standard InChI is InChI=1S/C15H24N2O4S/c1-5-6-9-17(3)15(18)11-16-22(19,20)14-10-12(2)7-8-13(14)21-4/h7-8,10,16H,5-6,9,11H2,1-4H3. The molecule has 1 aromatic carbocycles. The summed E-state index contributed by atoms with van der Waals surface area (Å²) in [6.07, 6.45) is 1.87. The summed E-state index contributed by atoms with van der Waals surface area (Å²) in [4.78, 5) is 13.5. The van der Waals surface area contributed by atoms with Crippen LogP contribution in [0.2, 0.25) is 0 Å². The first-order chi connectivity index (χ1) is 10.3. The van der Waals surface area contributed by atoms with Gasteiger partial charge in [0.2, 0.25) is 15.9 Å². The van der Waals surface area contributed by atoms with Crippen molar-refractivity contribution in [2.75, 3.05) is 27.2 Å². The highest BCUT2D eigenvalue weighted by Gasteiger charge is 2.21. The van der Waals surface area contributed by atoms with E-state index >= 15 is 0 Å². The van der Waals surface area contributed by atoms with E-state index < -0.39 is 10.0 Å². The predicted molar refractivity (Wildman–Crippen MR) is 85.5 cm³/mol. The van der Waals surface area contributed by atoms with Gasteiger partial charge in [-0.3, -0.25) is 4.79 Å². The molecule has 0 saturated heterocycles. The smallest absolute Gasteiger partial charge is 0.244 e. The van der Waals surface area contributed by atoms with Crippen LogP contribution >= 0.6 is 0 Å². The SMILES string of the molecule is CCCCN(C)C(=O)CNS(=O)(=O)c1cc(C)ccc1OC. The van der Waals surface area contributed by atoms with Gasteiger partial charge in [0.1, 0.15) is 10.6 Å². The maximum Gasteiger partial charge on any atom is 0.244 e. The van der Waals surface area contributed by atoms with E-state index in [0.717, 1.165) is 18.4 Å². The Morgan fingerprint density at radius 2 is 2.05 bits per heavy atom. The van der Waals surface area contributed by atoms with Crippen LogP contribution in [-0.4, -0.2) is 46.5 Å². The Morgan fingerprint density at radius 3 is 2.64 bits per heavy atom. The van der Waals surface area contributed by atoms with E-state index in [0.29, 0.717) is 6.54 Å². The number of nitrogens with zero attached hydrogens (tertiary/aromatic N) is 1. The maximum atomic E-state index is 12.3. The van der Waals surface area contributed by atoms with Crippen molar-refractivity contribution < 1.29 is 17.9 Å². The summed E-state index contributed by atoms with van der Waals surface area (Å²) in [6.45, 7) is 4.18. The van der Waals surface area contributed by atoms with E-state index in [2.05, 4.69) is 4.72 Å². The summed E-state index contributed by atoms with van der Waals surface area (Å²) >= 11 is 0. The molecule has 6 nitrogen and oxygen atoms in total. The van der Waals surface area contributed by atoms with Crippen LogP contribution in [0, 0.1) is 6.92 Å². The maximum absolute atomic E-state index is 12.3. The highest BCUT2D eigenvalue weighted by atomic mass is 32.2. The number of aryl methyl sites for hydroxylation is 1. The molecule has 1 rings (SSSR count). The van der Waals surface area contributed by atoms with Crippen LogP contribution in [-0.2, 0) is 14.8 Å². The van der Waals surface area contributed by atoms with Gasteiger partial charge in [-0.05, 0) is 31.0 Å². The fourth-order valence-electron chi connectivity index (χ4n) is 1.88. The number of hydrogen-bond donors (Lipinski definition) is 1. The largest absolute Gasteiger partial charge is 0.495 e. The average molecular weight is 328 g/mol. The van der Waals surface area contributed by atoms with Gasteiger partial charge in [0.05, 0.1) is 13.7 Å². The molecular weight excluding hydrogens is 304 g/mol. The number of carbonyl (C=O) groups is 1. The number of rotatable bonds is 8. The lowest BCUT2D eigenvalue weighted by Gasteiger charge is -2.17. The zero-order chi connectivity index (χ0) is 16.8. The fraction of sp³-hybridized carbons (Fsp3) is 0.533. The van der Waals surface area contributed by atoms with Crippen LogP contribution in [0.3, 0.4) is 0 Å². The van der Waals surface area contributed by atoms with E-state index in [4.69, 9.17) is 4.74 Å². The minimum atomic E-state index is -3.80. The zero-order valence-corrected chi connectivity index (χ0v) is 14.4. The Balaban J connectivity index is 2.80. The van der Waals surface area contributed by atoms with Gasteiger partial charge in [-0.15, -0.1) is 0 Å². The first-order valence-corrected chi connectivity index (χ1v) is 8.68. The molecule has 7 heteroatoms. The molecule has 22 heavy (non-hydrogen) atoms. The van der Waals surface area contributed by atoms with E-state index in [1.807, 2.05) is 6.92 Å². The number of hydrogen-bond acceptors (Lipinski definition) is 4. The summed E-state index contributed by atoms with van der Waals surface area (Å²) in [7, 11) is -0.721. The lowest BCUT2D eigenvalue weighted by atomic mass is 10.2. The van der Waals surface area contributed by atoms with Crippen molar-refractivity contribution in [3.63, 3.8) is 0 Å². The van der Waals surface area contributed by atoms with Gasteiger partial charge < -0.3 is 9.64 Å². The van der Waals surface area contributed by atoms with Crippen molar-refractivity contribution in [1.29, 1.82) is 0 Å². The second-order valence-electron chi connectivity index (χ2n) is 5.15. The number of unbranched alkanes of at least 4 members (excludes halogenated alkanes) is 1. The van der Waals surface area contributed by atoms with E-state index in [-0.39, 0.29) is 23.1 Å². The van der Waals surface area contributed by atoms with Gasteiger partial charge in [-0.25, -0.2) is 13.1 Å². The van der Waals surface area contributed by atoms with Gasteiger partial charge in [0, 0.05) is 13.6 Å². The van der Waals surface area contributed by atoms with Crippen molar-refractivity contribution in [2.45, 2.75) is 31.6 Å². The third kappa shape index (κ3) is 4.99. The zero-order valence-electron chi connectivity index (χ0n) is 13.5. The Bertz CT molecular complexity index is 614. The number of ether oxygens (including phenoxy) is 1. The molecule has 0 aromatic heterocycles. The minimum absolute atomic E-state index is 0.0408. The van der Waals surface area contributed by atoms with Crippen LogP contribution in [0.5, 0.6) is 5.75 Å². The summed E-state index contributed by atoms with van der Waals surface area (Å²) in [5.74, 6) is -0.00599. The minimum Gasteiger partial charge on any atom is -0.495 e. The molecule has 0 atom stereocenters. The van der Waals surface area contributed by atoms with E-state index in [9.17, 15) is 13.2 Å². The summed E-state index contributed by atoms with van der Waals surface area (Å²) in [5.41, 5.74) is 0.799. The molecule has 0 aliphatic heterocycles. The molecule has 0 unspecified atom stereocenters. The molecule has 1 amide bonds. The predicted octanol–water partition coefficient (Wildman–Crippen LogP) is 1.54. The second-order valence-corrected chi connectivity index (χ2v) is 6.88. The Kier molecular flexibility index (Phi) is 6.83. The molecule has 1 aromatic rings. The number of sulfonamides is 1. The molecule has 0 radical (unpaired) electrons. The summed E-state index contributed by atoms with van der Waals surface area (Å²) in [6, 6.07) is 4.88. The van der Waals surface area contributed by atoms with E-state index in [1.165, 1.54) is 18.1 Å². The summed E-state index contributed by atoms with van der Waals surface area (Å²) in [5, 5.41) is 0. The van der Waals surface area contributed by atoms with Crippen molar-refractivity contribution in [1.82, 2.24) is 9.62 Å². The molecule has 0 spiro atoms. The molecule has 124 valence electrons. The second kappa shape index (κ2) is 8.14. The molecule has 0 aliphatic rings. The molecule has 0 saturated carbocycles. The average Bonchev–Trinajstić information content (AvgIpc) is 2.50. The summed E-state index contributed by atoms with van der Waals surface area (Å²) < 4.78 is 32.1. The fourth-order valence-corrected chi connectivity index (χ4v) is 3.11. The van der Waals surface area contributed by atoms with Gasteiger partial charge in [-0.2, -0.15) is 0 Å². The Hall–Kier alpha value is -1.60. The van der Waals surface area contributed by atoms with Crippen LogP contribution in [0.4, 0.5) is 0 Å². The third-order valence-corrected chi connectivity index (χ3v) is 4.72.